The smallest absolute Gasteiger partial charge is 0.344 e. The van der Waals surface area contributed by atoms with Gasteiger partial charge < -0.3 is 15.1 Å². The molecule has 0 aromatic rings. The van der Waals surface area contributed by atoms with Crippen LogP contribution in [0.2, 0.25) is 0 Å². The molecule has 0 radical (unpaired) electrons. The molecule has 0 saturated heterocycles. The highest BCUT2D eigenvalue weighted by Crippen LogP contribution is 2.61. The van der Waals surface area contributed by atoms with Gasteiger partial charge in [-0.15, -0.1) is 0 Å². The standard InChI is InChI=1S/C20H29NO4/c1-20-9-8-15-14-5-3-13(21-25-11-19(23)24)10-12(14)2-4-16(15)17(20)6-7-18(20)22/h10,14-18,22H,2-9,11H2,1H3,(H,23,24)/b21-13+/t14?,15-,16-,17+,18+,20+/m1/s1. The van der Waals surface area contributed by atoms with E-state index in [1.165, 1.54) is 24.8 Å². The normalized spacial score (nSPS) is 44.5. The number of hydrogen-bond acceptors (Lipinski definition) is 4. The SMILES string of the molecule is C[C@]12CC[C@@H]3C4CC/C(=N\OCC(=O)O)C=C4CC[C@H]3[C@@H]1CC[C@@H]2O. The predicted octanol–water partition coefficient (Wildman–Crippen LogP) is 3.38. The Morgan fingerprint density at radius 3 is 2.88 bits per heavy atom. The van der Waals surface area contributed by atoms with E-state index >= 15 is 0 Å². The molecule has 3 fully saturated rings. The van der Waals surface area contributed by atoms with E-state index in [0.717, 1.165) is 49.7 Å². The number of nitrogens with zero attached hydrogens (tertiary/aromatic N) is 1. The highest BCUT2D eigenvalue weighted by atomic mass is 16.6. The molecule has 5 heteroatoms. The van der Waals surface area contributed by atoms with E-state index in [9.17, 15) is 9.90 Å². The number of fused-ring (bicyclic) bond motifs is 5. The second-order valence-corrected chi connectivity index (χ2v) is 8.72. The van der Waals surface area contributed by atoms with Crippen LogP contribution in [0.3, 0.4) is 0 Å². The van der Waals surface area contributed by atoms with Crippen LogP contribution in [0.25, 0.3) is 0 Å². The average molecular weight is 347 g/mol. The summed E-state index contributed by atoms with van der Waals surface area (Å²) < 4.78 is 0. The molecule has 5 nitrogen and oxygen atoms in total. The minimum Gasteiger partial charge on any atom is -0.479 e. The molecular formula is C20H29NO4. The zero-order valence-corrected chi connectivity index (χ0v) is 15.0. The van der Waals surface area contributed by atoms with Crippen LogP contribution in [-0.2, 0) is 9.63 Å². The first kappa shape index (κ1) is 17.1. The van der Waals surface area contributed by atoms with Gasteiger partial charge in [0.1, 0.15) is 0 Å². The second-order valence-electron chi connectivity index (χ2n) is 8.72. The van der Waals surface area contributed by atoms with Crippen molar-refractivity contribution >= 4 is 11.7 Å². The molecule has 3 saturated carbocycles. The number of allylic oxidation sites excluding steroid dienone is 2. The molecular weight excluding hydrogens is 318 g/mol. The molecule has 0 heterocycles. The van der Waals surface area contributed by atoms with E-state index < -0.39 is 5.97 Å². The third-order valence-corrected chi connectivity index (χ3v) is 7.64. The Labute approximate surface area is 149 Å². The van der Waals surface area contributed by atoms with Gasteiger partial charge in [-0.2, -0.15) is 0 Å². The van der Waals surface area contributed by atoms with Crippen LogP contribution in [0, 0.1) is 29.1 Å². The van der Waals surface area contributed by atoms with Gasteiger partial charge in [-0.1, -0.05) is 17.7 Å². The fourth-order valence-corrected chi connectivity index (χ4v) is 6.41. The van der Waals surface area contributed by atoms with Crippen molar-refractivity contribution in [2.45, 2.75) is 64.4 Å². The first-order chi connectivity index (χ1) is 12.0. The van der Waals surface area contributed by atoms with Gasteiger partial charge in [0, 0.05) is 0 Å². The van der Waals surface area contributed by atoms with Gasteiger partial charge in [0.15, 0.2) is 0 Å². The maximum absolute atomic E-state index is 10.5. The van der Waals surface area contributed by atoms with Crippen LogP contribution in [0.1, 0.15) is 58.3 Å². The Morgan fingerprint density at radius 1 is 1.24 bits per heavy atom. The van der Waals surface area contributed by atoms with Crippen LogP contribution in [0.4, 0.5) is 0 Å². The van der Waals surface area contributed by atoms with Crippen molar-refractivity contribution in [1.29, 1.82) is 0 Å². The van der Waals surface area contributed by atoms with Crippen LogP contribution < -0.4 is 0 Å². The van der Waals surface area contributed by atoms with Crippen LogP contribution in [0.15, 0.2) is 16.8 Å². The topological polar surface area (TPSA) is 79.1 Å². The number of hydrogen-bond donors (Lipinski definition) is 2. The summed E-state index contributed by atoms with van der Waals surface area (Å²) in [7, 11) is 0. The lowest BCUT2D eigenvalue weighted by atomic mass is 9.52. The molecule has 2 N–H and O–H groups in total. The van der Waals surface area contributed by atoms with Crippen molar-refractivity contribution in [3.8, 4) is 0 Å². The van der Waals surface area contributed by atoms with Crippen LogP contribution in [0.5, 0.6) is 0 Å². The number of rotatable bonds is 3. The molecule has 0 bridgehead atoms. The maximum Gasteiger partial charge on any atom is 0.344 e. The van der Waals surface area contributed by atoms with Gasteiger partial charge in [-0.3, -0.25) is 0 Å². The van der Waals surface area contributed by atoms with E-state index in [4.69, 9.17) is 9.94 Å². The van der Waals surface area contributed by atoms with E-state index in [1.807, 2.05) is 0 Å². The molecule has 0 amide bonds. The third-order valence-electron chi connectivity index (χ3n) is 7.64. The van der Waals surface area contributed by atoms with E-state index in [2.05, 4.69) is 18.2 Å². The van der Waals surface area contributed by atoms with Crippen molar-refractivity contribution in [2.75, 3.05) is 6.61 Å². The van der Waals surface area contributed by atoms with Gasteiger partial charge in [-0.05, 0) is 86.5 Å². The molecule has 138 valence electrons. The van der Waals surface area contributed by atoms with Crippen molar-refractivity contribution in [2.24, 2.45) is 34.2 Å². The predicted molar refractivity (Wildman–Crippen MR) is 94.1 cm³/mol. The molecule has 6 atom stereocenters. The maximum atomic E-state index is 10.5. The highest BCUT2D eigenvalue weighted by molar-refractivity contribution is 5.96. The number of carbonyl (C=O) groups is 1. The summed E-state index contributed by atoms with van der Waals surface area (Å²) in [6.07, 6.45) is 11.0. The molecule has 25 heavy (non-hydrogen) atoms. The highest BCUT2D eigenvalue weighted by Gasteiger charge is 2.55. The minimum atomic E-state index is -0.991. The van der Waals surface area contributed by atoms with Gasteiger partial charge in [0.05, 0.1) is 11.8 Å². The quantitative estimate of drug-likeness (QED) is 0.767. The van der Waals surface area contributed by atoms with Crippen LogP contribution >= 0.6 is 0 Å². The number of aliphatic hydroxyl groups excluding tert-OH is 1. The third kappa shape index (κ3) is 2.90. The molecule has 4 aliphatic rings. The average Bonchev–Trinajstić information content (AvgIpc) is 2.89. The Kier molecular flexibility index (Phi) is 4.38. The summed E-state index contributed by atoms with van der Waals surface area (Å²) >= 11 is 0. The fraction of sp³-hybridized carbons (Fsp3) is 0.800. The summed E-state index contributed by atoms with van der Waals surface area (Å²) in [5, 5.41) is 23.1. The summed E-state index contributed by atoms with van der Waals surface area (Å²) in [6, 6.07) is 0. The van der Waals surface area contributed by atoms with Gasteiger partial charge in [0.2, 0.25) is 6.61 Å². The second kappa shape index (κ2) is 6.42. The molecule has 0 spiro atoms. The molecule has 4 rings (SSSR count). The van der Waals surface area contributed by atoms with E-state index in [0.29, 0.717) is 11.8 Å². The Hall–Kier alpha value is -1.36. The summed E-state index contributed by atoms with van der Waals surface area (Å²) in [4.78, 5) is 15.5. The number of carboxylic acid groups (broad SMARTS) is 1. The lowest BCUT2D eigenvalue weighted by Gasteiger charge is -2.53. The number of carboxylic acids is 1. The van der Waals surface area contributed by atoms with Crippen molar-refractivity contribution in [1.82, 2.24) is 0 Å². The zero-order chi connectivity index (χ0) is 17.6. The van der Waals surface area contributed by atoms with E-state index in [-0.39, 0.29) is 18.1 Å². The number of aliphatic carboxylic acids is 1. The first-order valence-corrected chi connectivity index (χ1v) is 9.78. The van der Waals surface area contributed by atoms with Gasteiger partial charge >= 0.3 is 5.97 Å². The summed E-state index contributed by atoms with van der Waals surface area (Å²) in [5.74, 6) is 1.87. The molecule has 0 aromatic carbocycles. The molecule has 0 aromatic heterocycles. The molecule has 0 aliphatic heterocycles. The fourth-order valence-electron chi connectivity index (χ4n) is 6.41. The number of aliphatic hydroxyl groups is 1. The summed E-state index contributed by atoms with van der Waals surface area (Å²) in [6.45, 7) is 1.95. The Balaban J connectivity index is 1.48. The Morgan fingerprint density at radius 2 is 2.08 bits per heavy atom. The molecule has 4 aliphatic carbocycles. The monoisotopic (exact) mass is 347 g/mol. The lowest BCUT2D eigenvalue weighted by Crippen LogP contribution is -2.47. The first-order valence-electron chi connectivity index (χ1n) is 9.78. The van der Waals surface area contributed by atoms with E-state index in [1.54, 1.807) is 0 Å². The largest absolute Gasteiger partial charge is 0.479 e. The van der Waals surface area contributed by atoms with Crippen molar-refractivity contribution in [3.05, 3.63) is 11.6 Å². The van der Waals surface area contributed by atoms with Gasteiger partial charge in [-0.25, -0.2) is 4.79 Å². The zero-order valence-electron chi connectivity index (χ0n) is 15.0. The van der Waals surface area contributed by atoms with Gasteiger partial charge in [0.25, 0.3) is 0 Å². The lowest BCUT2D eigenvalue weighted by molar-refractivity contribution is -0.142. The number of oxime groups is 1. The molecule has 1 unspecified atom stereocenters. The minimum absolute atomic E-state index is 0.105. The summed E-state index contributed by atoms with van der Waals surface area (Å²) in [5.41, 5.74) is 2.53. The van der Waals surface area contributed by atoms with Crippen molar-refractivity contribution in [3.63, 3.8) is 0 Å². The van der Waals surface area contributed by atoms with Crippen molar-refractivity contribution < 1.29 is 19.8 Å². The van der Waals surface area contributed by atoms with Crippen LogP contribution in [-0.4, -0.2) is 34.6 Å². The Bertz CT molecular complexity index is 613.